The summed E-state index contributed by atoms with van der Waals surface area (Å²) in [6, 6.07) is 21.0. The Morgan fingerprint density at radius 1 is 0.961 bits per heavy atom. The lowest BCUT2D eigenvalue weighted by atomic mass is 10.1. The third-order valence-corrected chi connectivity index (χ3v) is 10.1. The summed E-state index contributed by atoms with van der Waals surface area (Å²) in [7, 11) is 0. The van der Waals surface area contributed by atoms with E-state index in [0.29, 0.717) is 41.2 Å². The van der Waals surface area contributed by atoms with E-state index in [1.54, 1.807) is 50.0 Å². The maximum Gasteiger partial charge on any atom is 0.350 e. The van der Waals surface area contributed by atoms with Gasteiger partial charge < -0.3 is 33.7 Å². The van der Waals surface area contributed by atoms with Crippen LogP contribution >= 0.6 is 23.2 Å². The zero-order chi connectivity index (χ0) is 35.7. The van der Waals surface area contributed by atoms with E-state index >= 15 is 0 Å². The van der Waals surface area contributed by atoms with Crippen LogP contribution in [0.5, 0.6) is 5.75 Å². The van der Waals surface area contributed by atoms with Crippen molar-refractivity contribution in [2.24, 2.45) is 0 Å². The summed E-state index contributed by atoms with van der Waals surface area (Å²) in [6.07, 6.45) is 4.28. The van der Waals surface area contributed by atoms with Crippen LogP contribution in [0, 0.1) is 6.92 Å². The van der Waals surface area contributed by atoms with Gasteiger partial charge in [0.25, 0.3) is 0 Å². The Kier molecular flexibility index (Phi) is 10.1. The van der Waals surface area contributed by atoms with Crippen LogP contribution in [0.15, 0.2) is 90.2 Å². The molecule has 0 spiro atoms. The molecule has 0 saturated carbocycles. The fourth-order valence-electron chi connectivity index (χ4n) is 6.60. The second kappa shape index (κ2) is 14.7. The number of rotatable bonds is 11. The highest BCUT2D eigenvalue weighted by atomic mass is 35.5. The van der Waals surface area contributed by atoms with Crippen molar-refractivity contribution in [3.8, 4) is 11.4 Å². The number of nitrogens with zero attached hydrogens (tertiary/aromatic N) is 7. The Morgan fingerprint density at radius 3 is 2.22 bits per heavy atom. The van der Waals surface area contributed by atoms with Gasteiger partial charge in [-0.15, -0.1) is 0 Å². The maximum absolute atomic E-state index is 13.1. The molecule has 4 heterocycles. The van der Waals surface area contributed by atoms with Gasteiger partial charge in [-0.3, -0.25) is 0 Å². The van der Waals surface area contributed by atoms with Crippen LogP contribution in [-0.2, 0) is 21.8 Å². The van der Waals surface area contributed by atoms with E-state index in [2.05, 4.69) is 32.0 Å². The monoisotopic (exact) mass is 733 g/mol. The van der Waals surface area contributed by atoms with Crippen LogP contribution < -0.4 is 20.2 Å². The molecule has 14 heteroatoms. The summed E-state index contributed by atoms with van der Waals surface area (Å²) < 4.78 is 23.8. The molecular formula is C37H41Cl2N7O5. The number of aliphatic hydroxyl groups is 1. The molecule has 1 N–H and O–H groups in total. The number of aromatic nitrogens is 5. The van der Waals surface area contributed by atoms with E-state index in [1.165, 1.54) is 4.68 Å². The minimum atomic E-state index is -1.11. The van der Waals surface area contributed by atoms with Crippen LogP contribution in [0.4, 0.5) is 11.4 Å². The van der Waals surface area contributed by atoms with Gasteiger partial charge in [-0.05, 0) is 81.4 Å². The standard InChI is InChI=1S/C37H41Cl2N7O5/c1-25(26(2)47)46-36(48)45(27(3)41-46)31-7-5-29(6-8-31)43-16-18-44(19-17-43)30-9-11-32(12-10-30)49-21-33-22-50-37(51-33,23-42-15-14-40-24-42)34-13-4-28(38)20-35(34)39/h4-15,20,24-26,33,47H,16-19,21-23H2,1-3H3. The predicted octanol–water partition coefficient (Wildman–Crippen LogP) is 5.46. The zero-order valence-electron chi connectivity index (χ0n) is 28.7. The van der Waals surface area contributed by atoms with Gasteiger partial charge in [-0.25, -0.2) is 19.0 Å². The molecule has 51 heavy (non-hydrogen) atoms. The molecule has 5 aromatic rings. The van der Waals surface area contributed by atoms with Gasteiger partial charge in [-0.1, -0.05) is 29.3 Å². The van der Waals surface area contributed by atoms with E-state index in [9.17, 15) is 9.90 Å². The number of imidazole rings is 1. The number of piperazine rings is 1. The molecule has 2 aliphatic rings. The number of ether oxygens (including phenoxy) is 3. The first-order valence-electron chi connectivity index (χ1n) is 17.0. The number of hydrogen-bond donors (Lipinski definition) is 1. The van der Waals surface area contributed by atoms with Gasteiger partial charge in [0.1, 0.15) is 24.3 Å². The first-order chi connectivity index (χ1) is 24.6. The van der Waals surface area contributed by atoms with Crippen molar-refractivity contribution in [2.75, 3.05) is 49.2 Å². The third kappa shape index (κ3) is 7.38. The number of aliphatic hydroxyl groups excluding tert-OH is 1. The fraction of sp³-hybridized carbons (Fsp3) is 0.378. The van der Waals surface area contributed by atoms with Crippen molar-refractivity contribution in [3.05, 3.63) is 117 Å². The zero-order valence-corrected chi connectivity index (χ0v) is 30.2. The van der Waals surface area contributed by atoms with Gasteiger partial charge >= 0.3 is 5.69 Å². The summed E-state index contributed by atoms with van der Waals surface area (Å²) in [5.41, 5.74) is 3.42. The summed E-state index contributed by atoms with van der Waals surface area (Å²) in [4.78, 5) is 21.9. The third-order valence-electron chi connectivity index (χ3n) is 9.59. The van der Waals surface area contributed by atoms with E-state index in [0.717, 1.165) is 49.0 Å². The Labute approximate surface area is 306 Å². The average Bonchev–Trinajstić information content (AvgIpc) is 3.87. The molecule has 4 unspecified atom stereocenters. The summed E-state index contributed by atoms with van der Waals surface area (Å²) in [6.45, 7) is 9.71. The number of halogens is 2. The van der Waals surface area contributed by atoms with Crippen molar-refractivity contribution >= 4 is 34.6 Å². The molecule has 0 radical (unpaired) electrons. The molecule has 3 aromatic carbocycles. The van der Waals surface area contributed by atoms with Crippen LogP contribution in [0.2, 0.25) is 10.0 Å². The van der Waals surface area contributed by atoms with E-state index in [1.807, 2.05) is 53.2 Å². The van der Waals surface area contributed by atoms with Crippen molar-refractivity contribution in [1.82, 2.24) is 23.9 Å². The molecule has 0 bridgehead atoms. The second-order valence-corrected chi connectivity index (χ2v) is 13.9. The Balaban J connectivity index is 0.931. The molecule has 2 aromatic heterocycles. The van der Waals surface area contributed by atoms with E-state index in [-0.39, 0.29) is 11.8 Å². The lowest BCUT2D eigenvalue weighted by Gasteiger charge is -2.37. The van der Waals surface area contributed by atoms with Crippen LogP contribution in [0.1, 0.15) is 31.3 Å². The number of aryl methyl sites for hydroxylation is 1. The minimum Gasteiger partial charge on any atom is -0.491 e. The van der Waals surface area contributed by atoms with Gasteiger partial charge in [-0.2, -0.15) is 5.10 Å². The van der Waals surface area contributed by atoms with Crippen molar-refractivity contribution in [3.63, 3.8) is 0 Å². The first-order valence-corrected chi connectivity index (χ1v) is 17.8. The van der Waals surface area contributed by atoms with Gasteiger partial charge in [0.05, 0.1) is 42.3 Å². The summed E-state index contributed by atoms with van der Waals surface area (Å²) in [5.74, 6) is 0.221. The number of benzene rings is 3. The van der Waals surface area contributed by atoms with E-state index in [4.69, 9.17) is 37.4 Å². The maximum atomic E-state index is 13.1. The highest BCUT2D eigenvalue weighted by molar-refractivity contribution is 6.35. The molecule has 4 atom stereocenters. The molecule has 2 aliphatic heterocycles. The van der Waals surface area contributed by atoms with Gasteiger partial charge in [0.2, 0.25) is 5.79 Å². The molecule has 7 rings (SSSR count). The van der Waals surface area contributed by atoms with Crippen LogP contribution in [0.3, 0.4) is 0 Å². The number of anilines is 2. The predicted molar refractivity (Wildman–Crippen MR) is 197 cm³/mol. The number of hydrogen-bond acceptors (Lipinski definition) is 9. The molecule has 2 fully saturated rings. The SMILES string of the molecule is Cc1nn(C(C)C(C)O)c(=O)n1-c1ccc(N2CCN(c3ccc(OCC4COC(Cn5ccnc5)(c5ccc(Cl)cc5Cl)O4)cc3)CC2)cc1. The summed E-state index contributed by atoms with van der Waals surface area (Å²) in [5, 5.41) is 15.4. The Morgan fingerprint density at radius 2 is 1.61 bits per heavy atom. The Hall–Kier alpha value is -4.33. The van der Waals surface area contributed by atoms with Crippen LogP contribution in [0.25, 0.3) is 5.69 Å². The van der Waals surface area contributed by atoms with Crippen molar-refractivity contribution in [2.45, 2.75) is 51.4 Å². The molecule has 2 saturated heterocycles. The molecule has 0 aliphatic carbocycles. The van der Waals surface area contributed by atoms with Crippen molar-refractivity contribution < 1.29 is 19.3 Å². The quantitative estimate of drug-likeness (QED) is 0.189. The lowest BCUT2D eigenvalue weighted by Crippen LogP contribution is -2.46. The molecular weight excluding hydrogens is 693 g/mol. The largest absolute Gasteiger partial charge is 0.491 e. The average molecular weight is 735 g/mol. The van der Waals surface area contributed by atoms with Crippen molar-refractivity contribution in [1.29, 1.82) is 0 Å². The van der Waals surface area contributed by atoms with Gasteiger partial charge in [0.15, 0.2) is 0 Å². The fourth-order valence-corrected chi connectivity index (χ4v) is 7.16. The van der Waals surface area contributed by atoms with Gasteiger partial charge in [0, 0.05) is 60.5 Å². The normalized spacial score (nSPS) is 20.5. The highest BCUT2D eigenvalue weighted by Gasteiger charge is 2.45. The molecule has 268 valence electrons. The highest BCUT2D eigenvalue weighted by Crippen LogP contribution is 2.40. The van der Waals surface area contributed by atoms with E-state index < -0.39 is 17.9 Å². The smallest absolute Gasteiger partial charge is 0.350 e. The first kappa shape index (κ1) is 35.1. The second-order valence-electron chi connectivity index (χ2n) is 13.0. The van der Waals surface area contributed by atoms with Crippen LogP contribution in [-0.4, -0.2) is 80.6 Å². The minimum absolute atomic E-state index is 0.261. The topological polar surface area (TPSA) is 112 Å². The Bertz CT molecular complexity index is 1990. The lowest BCUT2D eigenvalue weighted by molar-refractivity contribution is -0.189. The summed E-state index contributed by atoms with van der Waals surface area (Å²) >= 11 is 12.8. The molecule has 0 amide bonds. The molecule has 12 nitrogen and oxygen atoms in total.